The highest BCUT2D eigenvalue weighted by Crippen LogP contribution is 2.47. The van der Waals surface area contributed by atoms with Crippen LogP contribution in [-0.4, -0.2) is 49.2 Å². The van der Waals surface area contributed by atoms with Gasteiger partial charge in [0, 0.05) is 48.7 Å². The number of nitrogens with one attached hydrogen (secondary N) is 1. The summed E-state index contributed by atoms with van der Waals surface area (Å²) < 4.78 is 2.05. The van der Waals surface area contributed by atoms with E-state index in [0.717, 1.165) is 48.5 Å². The lowest BCUT2D eigenvalue weighted by Gasteiger charge is -2.17. The minimum atomic E-state index is -0.233. The number of imidazole rings is 1. The van der Waals surface area contributed by atoms with Crippen LogP contribution < -0.4 is 11.1 Å². The number of hydrogen-bond donors (Lipinski definition) is 2. The summed E-state index contributed by atoms with van der Waals surface area (Å²) in [5.41, 5.74) is 9.23. The molecule has 9 nitrogen and oxygen atoms in total. The van der Waals surface area contributed by atoms with E-state index >= 15 is 0 Å². The Bertz CT molecular complexity index is 1480. The second-order valence-corrected chi connectivity index (χ2v) is 9.73. The summed E-state index contributed by atoms with van der Waals surface area (Å²) in [7, 11) is 0. The molecule has 4 heterocycles. The molecule has 2 amide bonds. The van der Waals surface area contributed by atoms with Crippen LogP contribution in [0.5, 0.6) is 0 Å². The first kappa shape index (κ1) is 22.9. The highest BCUT2D eigenvalue weighted by molar-refractivity contribution is 6.04. The van der Waals surface area contributed by atoms with E-state index in [4.69, 9.17) is 10.7 Å². The van der Waals surface area contributed by atoms with Crippen molar-refractivity contribution in [3.8, 4) is 11.3 Å². The number of nitrogens with zero attached hydrogens (tertiary/aromatic N) is 5. The molecule has 2 atom stereocenters. The van der Waals surface area contributed by atoms with Crippen LogP contribution in [0.25, 0.3) is 16.8 Å². The molecule has 3 aromatic heterocycles. The molecule has 3 N–H and O–H groups in total. The monoisotopic (exact) mass is 493 g/mol. The summed E-state index contributed by atoms with van der Waals surface area (Å²) in [4.78, 5) is 40.2. The predicted molar refractivity (Wildman–Crippen MR) is 141 cm³/mol. The number of benzene rings is 1. The summed E-state index contributed by atoms with van der Waals surface area (Å²) in [5, 5.41) is 2.80. The Balaban J connectivity index is 1.27. The van der Waals surface area contributed by atoms with Crippen molar-refractivity contribution in [3.05, 3.63) is 85.1 Å². The van der Waals surface area contributed by atoms with Crippen LogP contribution in [-0.2, 0) is 4.79 Å². The van der Waals surface area contributed by atoms with Crippen molar-refractivity contribution >= 4 is 29.0 Å². The maximum absolute atomic E-state index is 12.7. The number of likely N-dealkylation sites (tertiary alicyclic amines) is 1. The average molecular weight is 494 g/mol. The van der Waals surface area contributed by atoms with Crippen LogP contribution in [0.4, 0.5) is 11.6 Å². The minimum absolute atomic E-state index is 0.00973. The van der Waals surface area contributed by atoms with Crippen molar-refractivity contribution in [2.75, 3.05) is 24.1 Å². The molecule has 186 valence electrons. The zero-order chi connectivity index (χ0) is 25.5. The Morgan fingerprint density at radius 3 is 2.46 bits per heavy atom. The molecular weight excluding hydrogens is 466 g/mol. The van der Waals surface area contributed by atoms with Gasteiger partial charge in [-0.3, -0.25) is 14.0 Å². The maximum Gasteiger partial charge on any atom is 0.256 e. The third kappa shape index (κ3) is 4.12. The number of carbonyl (C=O) groups excluding carboxylic acids is 2. The summed E-state index contributed by atoms with van der Waals surface area (Å²) in [6.07, 6.45) is 8.58. The number of pyridine rings is 1. The second kappa shape index (κ2) is 9.16. The number of nitrogen functional groups attached to an aromatic ring is 1. The second-order valence-electron chi connectivity index (χ2n) is 9.73. The van der Waals surface area contributed by atoms with Crippen molar-refractivity contribution < 1.29 is 9.59 Å². The summed E-state index contributed by atoms with van der Waals surface area (Å²) in [5.74, 6) is 2.84. The van der Waals surface area contributed by atoms with E-state index in [-0.39, 0.29) is 17.7 Å². The Labute approximate surface area is 214 Å². The Morgan fingerprint density at radius 1 is 1.03 bits per heavy atom. The lowest BCUT2D eigenvalue weighted by Crippen LogP contribution is -2.28. The van der Waals surface area contributed by atoms with Gasteiger partial charge in [-0.15, -0.1) is 0 Å². The van der Waals surface area contributed by atoms with Crippen LogP contribution in [0.15, 0.2) is 73.7 Å². The molecule has 0 spiro atoms. The first-order valence-electron chi connectivity index (χ1n) is 12.4. The van der Waals surface area contributed by atoms with Crippen LogP contribution >= 0.6 is 0 Å². The van der Waals surface area contributed by atoms with Crippen LogP contribution in [0, 0.1) is 11.8 Å². The zero-order valence-corrected chi connectivity index (χ0v) is 20.2. The van der Waals surface area contributed by atoms with Crippen molar-refractivity contribution in [1.29, 1.82) is 0 Å². The molecule has 9 heteroatoms. The van der Waals surface area contributed by atoms with Crippen LogP contribution in [0.2, 0.25) is 0 Å². The molecule has 37 heavy (non-hydrogen) atoms. The van der Waals surface area contributed by atoms with Gasteiger partial charge < -0.3 is 16.0 Å². The lowest BCUT2D eigenvalue weighted by atomic mass is 10.0. The largest absolute Gasteiger partial charge is 0.382 e. The summed E-state index contributed by atoms with van der Waals surface area (Å²) >= 11 is 0. The molecule has 1 aromatic carbocycles. The van der Waals surface area contributed by atoms with E-state index in [1.165, 1.54) is 6.08 Å². The van der Waals surface area contributed by atoms with E-state index in [2.05, 4.69) is 26.3 Å². The SMILES string of the molecule is C=CC(=O)N1CC2CC(c3nc(-c4ccc(C(=O)Nc5ccccn5)cc4)c4c(N)nccn34)CC2C1. The third-order valence-electron chi connectivity index (χ3n) is 7.54. The molecule has 1 aliphatic carbocycles. The number of carbonyl (C=O) groups is 2. The van der Waals surface area contributed by atoms with Gasteiger partial charge in [0.25, 0.3) is 5.91 Å². The molecule has 0 bridgehead atoms. The minimum Gasteiger partial charge on any atom is -0.382 e. The van der Waals surface area contributed by atoms with Gasteiger partial charge in [0.2, 0.25) is 5.91 Å². The van der Waals surface area contributed by atoms with E-state index in [1.54, 1.807) is 36.7 Å². The molecule has 1 saturated heterocycles. The third-order valence-corrected chi connectivity index (χ3v) is 7.54. The van der Waals surface area contributed by atoms with Gasteiger partial charge in [-0.05, 0) is 55.0 Å². The fourth-order valence-electron chi connectivity index (χ4n) is 5.80. The van der Waals surface area contributed by atoms with E-state index < -0.39 is 0 Å². The number of rotatable bonds is 5. The van der Waals surface area contributed by atoms with Gasteiger partial charge in [0.15, 0.2) is 0 Å². The Hall–Kier alpha value is -4.53. The maximum atomic E-state index is 12.7. The van der Waals surface area contributed by atoms with Crippen molar-refractivity contribution in [3.63, 3.8) is 0 Å². The van der Waals surface area contributed by atoms with E-state index in [9.17, 15) is 9.59 Å². The molecule has 2 fully saturated rings. The highest BCUT2D eigenvalue weighted by Gasteiger charge is 2.43. The first-order chi connectivity index (χ1) is 18.0. The quantitative estimate of drug-likeness (QED) is 0.409. The number of fused-ring (bicyclic) bond motifs is 2. The molecule has 1 aliphatic heterocycles. The number of anilines is 2. The van der Waals surface area contributed by atoms with Gasteiger partial charge in [0.1, 0.15) is 28.7 Å². The van der Waals surface area contributed by atoms with Gasteiger partial charge in [-0.1, -0.05) is 24.8 Å². The lowest BCUT2D eigenvalue weighted by molar-refractivity contribution is -0.125. The van der Waals surface area contributed by atoms with Crippen LogP contribution in [0.3, 0.4) is 0 Å². The van der Waals surface area contributed by atoms with E-state index in [1.807, 2.05) is 29.3 Å². The normalized spacial score (nSPS) is 20.6. The number of nitrogens with two attached hydrogens (primary N) is 1. The number of hydrogen-bond acceptors (Lipinski definition) is 6. The average Bonchev–Trinajstić information content (AvgIpc) is 3.61. The van der Waals surface area contributed by atoms with Crippen molar-refractivity contribution in [2.45, 2.75) is 18.8 Å². The molecule has 2 aliphatic rings. The Kier molecular flexibility index (Phi) is 5.67. The standard InChI is InChI=1S/C28H27N7O2/c1-2-23(36)34-15-20-13-19(14-21(20)16-34)27-33-24(25-26(29)31-11-12-35(25)27)17-6-8-18(9-7-17)28(37)32-22-5-3-4-10-30-22/h2-12,19-21H,1,13-16H2,(H2,29,31)(H,30,32,37). The van der Waals surface area contributed by atoms with Gasteiger partial charge >= 0.3 is 0 Å². The van der Waals surface area contributed by atoms with E-state index in [0.29, 0.717) is 29.0 Å². The fourth-order valence-corrected chi connectivity index (χ4v) is 5.80. The van der Waals surface area contributed by atoms with Crippen molar-refractivity contribution in [2.24, 2.45) is 11.8 Å². The Morgan fingerprint density at radius 2 is 1.78 bits per heavy atom. The summed E-state index contributed by atoms with van der Waals surface area (Å²) in [6, 6.07) is 12.7. The van der Waals surface area contributed by atoms with Gasteiger partial charge in [-0.25, -0.2) is 15.0 Å². The molecule has 0 radical (unpaired) electrons. The fraction of sp³-hybridized carbons (Fsp3) is 0.250. The topological polar surface area (TPSA) is 119 Å². The highest BCUT2D eigenvalue weighted by atomic mass is 16.2. The van der Waals surface area contributed by atoms with Gasteiger partial charge in [0.05, 0.1) is 0 Å². The molecule has 4 aromatic rings. The molecule has 1 saturated carbocycles. The summed E-state index contributed by atoms with van der Waals surface area (Å²) in [6.45, 7) is 5.17. The first-order valence-corrected chi connectivity index (χ1v) is 12.4. The smallest absolute Gasteiger partial charge is 0.256 e. The van der Waals surface area contributed by atoms with Crippen LogP contribution in [0.1, 0.15) is 34.9 Å². The molecular formula is C28H27N7O2. The van der Waals surface area contributed by atoms with Gasteiger partial charge in [-0.2, -0.15) is 0 Å². The van der Waals surface area contributed by atoms with Crippen molar-refractivity contribution in [1.82, 2.24) is 24.3 Å². The number of amides is 2. The predicted octanol–water partition coefficient (Wildman–Crippen LogP) is 3.76. The zero-order valence-electron chi connectivity index (χ0n) is 20.2. The number of aromatic nitrogens is 4. The molecule has 2 unspecified atom stereocenters. The molecule has 6 rings (SSSR count).